The Balaban J connectivity index is 2.09. The molecule has 2 N–H and O–H groups in total. The predicted molar refractivity (Wildman–Crippen MR) is 91.5 cm³/mol. The number of amides is 1. The van der Waals surface area contributed by atoms with Crippen LogP contribution in [-0.4, -0.2) is 33.4 Å². The van der Waals surface area contributed by atoms with E-state index in [-0.39, 0.29) is 23.5 Å². The zero-order valence-electron chi connectivity index (χ0n) is 14.9. The van der Waals surface area contributed by atoms with Crippen molar-refractivity contribution in [1.29, 1.82) is 0 Å². The van der Waals surface area contributed by atoms with Crippen LogP contribution in [0, 0.1) is 12.3 Å². The molecule has 2 atom stereocenters. The molecule has 1 aliphatic carbocycles. The van der Waals surface area contributed by atoms with Gasteiger partial charge in [0.2, 0.25) is 0 Å². The van der Waals surface area contributed by atoms with Crippen molar-refractivity contribution in [3.63, 3.8) is 0 Å². The highest BCUT2D eigenvalue weighted by Gasteiger charge is 2.35. The molecule has 1 fully saturated rings. The van der Waals surface area contributed by atoms with Gasteiger partial charge in [-0.2, -0.15) is 5.10 Å². The number of aliphatic hydroxyl groups is 1. The first-order valence-electron chi connectivity index (χ1n) is 8.93. The van der Waals surface area contributed by atoms with Gasteiger partial charge in [-0.3, -0.25) is 9.48 Å². The third kappa shape index (κ3) is 3.94. The molecule has 2 unspecified atom stereocenters. The molecule has 0 radical (unpaired) electrons. The van der Waals surface area contributed by atoms with Gasteiger partial charge in [-0.15, -0.1) is 0 Å². The molecule has 1 amide bonds. The van der Waals surface area contributed by atoms with Crippen LogP contribution in [0.3, 0.4) is 0 Å². The number of aliphatic hydroxyl groups excluding tert-OH is 1. The van der Waals surface area contributed by atoms with Crippen molar-refractivity contribution in [2.24, 2.45) is 5.41 Å². The minimum absolute atomic E-state index is 0.0866. The Kier molecular flexibility index (Phi) is 5.84. The molecule has 0 bridgehead atoms. The molecule has 2 rings (SSSR count). The molecule has 5 heteroatoms. The van der Waals surface area contributed by atoms with E-state index in [4.69, 9.17) is 0 Å². The number of aromatic nitrogens is 2. The smallest absolute Gasteiger partial charge is 0.269 e. The van der Waals surface area contributed by atoms with Crippen molar-refractivity contribution in [2.75, 3.05) is 6.54 Å². The topological polar surface area (TPSA) is 67.2 Å². The summed E-state index contributed by atoms with van der Waals surface area (Å²) < 4.78 is 1.87. The van der Waals surface area contributed by atoms with Gasteiger partial charge in [-0.05, 0) is 38.7 Å². The average Bonchev–Trinajstić information content (AvgIpc) is 2.91. The molecular weight excluding hydrogens is 290 g/mol. The monoisotopic (exact) mass is 321 g/mol. The van der Waals surface area contributed by atoms with Gasteiger partial charge in [0, 0.05) is 12.0 Å². The lowest BCUT2D eigenvalue weighted by Gasteiger charge is -2.38. The Morgan fingerprint density at radius 3 is 2.78 bits per heavy atom. The van der Waals surface area contributed by atoms with Gasteiger partial charge in [0.25, 0.3) is 5.91 Å². The molecule has 1 heterocycles. The highest BCUT2D eigenvalue weighted by molar-refractivity contribution is 5.92. The second-order valence-electron chi connectivity index (χ2n) is 7.18. The van der Waals surface area contributed by atoms with Gasteiger partial charge in [0.05, 0.1) is 17.8 Å². The van der Waals surface area contributed by atoms with Gasteiger partial charge in [0.15, 0.2) is 0 Å². The second kappa shape index (κ2) is 7.47. The summed E-state index contributed by atoms with van der Waals surface area (Å²) in [6, 6.07) is 2.10. The maximum Gasteiger partial charge on any atom is 0.269 e. The molecule has 23 heavy (non-hydrogen) atoms. The Morgan fingerprint density at radius 2 is 2.17 bits per heavy atom. The molecule has 1 aliphatic rings. The summed E-state index contributed by atoms with van der Waals surface area (Å²) in [7, 11) is 0. The zero-order chi connectivity index (χ0) is 17.0. The fourth-order valence-electron chi connectivity index (χ4n) is 3.56. The van der Waals surface area contributed by atoms with Gasteiger partial charge in [0.1, 0.15) is 5.69 Å². The summed E-state index contributed by atoms with van der Waals surface area (Å²) >= 11 is 0. The number of aryl methyl sites for hydroxylation is 1. The van der Waals surface area contributed by atoms with Crippen LogP contribution in [0.5, 0.6) is 0 Å². The SMILES string of the molecule is CCC(CC)n1nc(C)cc1C(=O)NCC1(C)CCCCC1O. The number of carbonyl (C=O) groups is 1. The van der Waals surface area contributed by atoms with Crippen LogP contribution in [0.15, 0.2) is 6.07 Å². The summed E-state index contributed by atoms with van der Waals surface area (Å²) in [6.45, 7) is 8.74. The standard InChI is InChI=1S/C18H31N3O2/c1-5-14(6-2)21-15(11-13(3)20-21)17(23)19-12-18(4)10-8-7-9-16(18)22/h11,14,16,22H,5-10,12H2,1-4H3,(H,19,23). The van der Waals surface area contributed by atoms with Crippen molar-refractivity contribution in [3.05, 3.63) is 17.5 Å². The van der Waals surface area contributed by atoms with Crippen LogP contribution in [0.4, 0.5) is 0 Å². The summed E-state index contributed by atoms with van der Waals surface area (Å²) in [5.41, 5.74) is 1.28. The molecule has 5 nitrogen and oxygen atoms in total. The highest BCUT2D eigenvalue weighted by atomic mass is 16.3. The van der Waals surface area contributed by atoms with Gasteiger partial charge >= 0.3 is 0 Å². The zero-order valence-corrected chi connectivity index (χ0v) is 14.9. The van der Waals surface area contributed by atoms with Gasteiger partial charge in [-0.25, -0.2) is 0 Å². The molecule has 0 aliphatic heterocycles. The summed E-state index contributed by atoms with van der Waals surface area (Å²) in [4.78, 5) is 12.7. The van der Waals surface area contributed by atoms with E-state index in [1.165, 1.54) is 0 Å². The van der Waals surface area contributed by atoms with Crippen molar-refractivity contribution in [3.8, 4) is 0 Å². The van der Waals surface area contributed by atoms with E-state index in [1.54, 1.807) is 0 Å². The van der Waals surface area contributed by atoms with Gasteiger partial charge in [-0.1, -0.05) is 33.6 Å². The summed E-state index contributed by atoms with van der Waals surface area (Å²) in [6.07, 6.45) is 5.56. The third-order valence-corrected chi connectivity index (χ3v) is 5.31. The first-order valence-corrected chi connectivity index (χ1v) is 8.93. The molecular formula is C18H31N3O2. The Bertz CT molecular complexity index is 536. The van der Waals surface area contributed by atoms with E-state index in [9.17, 15) is 9.90 Å². The van der Waals surface area contributed by atoms with E-state index < -0.39 is 0 Å². The lowest BCUT2D eigenvalue weighted by molar-refractivity contribution is 0.00183. The molecule has 1 aromatic rings. The van der Waals surface area contributed by atoms with Crippen LogP contribution in [0.25, 0.3) is 0 Å². The molecule has 0 saturated heterocycles. The summed E-state index contributed by atoms with van der Waals surface area (Å²) in [5.74, 6) is -0.0866. The molecule has 0 aromatic carbocycles. The Hall–Kier alpha value is -1.36. The van der Waals surface area contributed by atoms with Crippen molar-refractivity contribution in [2.45, 2.75) is 78.4 Å². The average molecular weight is 321 g/mol. The first-order chi connectivity index (χ1) is 10.9. The van der Waals surface area contributed by atoms with E-state index in [0.29, 0.717) is 12.2 Å². The maximum absolute atomic E-state index is 12.7. The van der Waals surface area contributed by atoms with E-state index in [0.717, 1.165) is 44.2 Å². The minimum Gasteiger partial charge on any atom is -0.392 e. The Morgan fingerprint density at radius 1 is 1.48 bits per heavy atom. The fourth-order valence-corrected chi connectivity index (χ4v) is 3.56. The first kappa shape index (κ1) is 18.0. The third-order valence-electron chi connectivity index (χ3n) is 5.31. The fraction of sp³-hybridized carbons (Fsp3) is 0.778. The largest absolute Gasteiger partial charge is 0.392 e. The van der Waals surface area contributed by atoms with E-state index >= 15 is 0 Å². The number of hydrogen-bond donors (Lipinski definition) is 2. The lowest BCUT2D eigenvalue weighted by atomic mass is 9.73. The van der Waals surface area contributed by atoms with Crippen LogP contribution in [0.2, 0.25) is 0 Å². The second-order valence-corrected chi connectivity index (χ2v) is 7.18. The number of rotatable bonds is 6. The highest BCUT2D eigenvalue weighted by Crippen LogP contribution is 2.35. The number of nitrogens with one attached hydrogen (secondary N) is 1. The van der Waals surface area contributed by atoms with Crippen LogP contribution in [-0.2, 0) is 0 Å². The van der Waals surface area contributed by atoms with Crippen molar-refractivity contribution >= 4 is 5.91 Å². The molecule has 1 aromatic heterocycles. The van der Waals surface area contributed by atoms with Crippen molar-refractivity contribution in [1.82, 2.24) is 15.1 Å². The number of hydrogen-bond acceptors (Lipinski definition) is 3. The van der Waals surface area contributed by atoms with Gasteiger partial charge < -0.3 is 10.4 Å². The molecule has 1 saturated carbocycles. The maximum atomic E-state index is 12.7. The van der Waals surface area contributed by atoms with Crippen LogP contribution >= 0.6 is 0 Å². The normalized spacial score (nSPS) is 24.9. The number of nitrogens with zero attached hydrogens (tertiary/aromatic N) is 2. The van der Waals surface area contributed by atoms with Crippen LogP contribution < -0.4 is 5.32 Å². The molecule has 0 spiro atoms. The number of carbonyl (C=O) groups excluding carboxylic acids is 1. The van der Waals surface area contributed by atoms with E-state index in [2.05, 4.69) is 31.2 Å². The van der Waals surface area contributed by atoms with Crippen molar-refractivity contribution < 1.29 is 9.90 Å². The lowest BCUT2D eigenvalue weighted by Crippen LogP contribution is -2.45. The Labute approximate surface area is 139 Å². The summed E-state index contributed by atoms with van der Waals surface area (Å²) in [5, 5.41) is 17.8. The minimum atomic E-state index is -0.331. The van der Waals surface area contributed by atoms with Crippen LogP contribution in [0.1, 0.15) is 81.5 Å². The molecule has 130 valence electrons. The predicted octanol–water partition coefficient (Wildman–Crippen LogP) is 3.22. The van der Waals surface area contributed by atoms with E-state index in [1.807, 2.05) is 17.7 Å². The quantitative estimate of drug-likeness (QED) is 0.845.